The zero-order chi connectivity index (χ0) is 21.1. The second-order valence-corrected chi connectivity index (χ2v) is 7.10. The fourth-order valence-corrected chi connectivity index (χ4v) is 2.92. The molecule has 3 aromatic rings. The quantitative estimate of drug-likeness (QED) is 0.651. The number of hydrogen-bond donors (Lipinski definition) is 2. The maximum Gasteiger partial charge on any atom is 0.322 e. The van der Waals surface area contributed by atoms with Crippen LogP contribution in [0.2, 0.25) is 0 Å². The predicted molar refractivity (Wildman–Crippen MR) is 108 cm³/mol. The van der Waals surface area contributed by atoms with Crippen LogP contribution in [-0.2, 0) is 4.79 Å². The van der Waals surface area contributed by atoms with E-state index in [1.807, 2.05) is 16.8 Å². The molecule has 0 aliphatic heterocycles. The minimum atomic E-state index is -0.450. The Kier molecular flexibility index (Phi) is 5.38. The third-order valence-corrected chi connectivity index (χ3v) is 4.62. The molecule has 9 nitrogen and oxygen atoms in total. The Balaban J connectivity index is 1.32. The molecule has 154 valence electrons. The van der Waals surface area contributed by atoms with Crippen LogP contribution in [-0.4, -0.2) is 50.6 Å². The number of anilines is 2. The van der Waals surface area contributed by atoms with E-state index in [9.17, 15) is 14.0 Å². The van der Waals surface area contributed by atoms with Gasteiger partial charge in [0.2, 0.25) is 5.91 Å². The molecule has 2 aromatic carbocycles. The number of tetrazole rings is 1. The van der Waals surface area contributed by atoms with E-state index in [1.165, 1.54) is 30.1 Å². The van der Waals surface area contributed by atoms with Gasteiger partial charge in [-0.05, 0) is 65.7 Å². The topological polar surface area (TPSA) is 105 Å². The maximum absolute atomic E-state index is 13.2. The number of carbonyl (C=O) groups excluding carboxylic acids is 2. The van der Waals surface area contributed by atoms with Crippen LogP contribution in [0, 0.1) is 5.82 Å². The minimum Gasteiger partial charge on any atom is -0.324 e. The number of rotatable bonds is 6. The number of amides is 3. The van der Waals surface area contributed by atoms with Gasteiger partial charge in [-0.1, -0.05) is 6.07 Å². The van der Waals surface area contributed by atoms with Crippen LogP contribution in [0.15, 0.2) is 48.5 Å². The van der Waals surface area contributed by atoms with Crippen LogP contribution in [0.25, 0.3) is 11.4 Å². The lowest BCUT2D eigenvalue weighted by atomic mass is 10.2. The molecule has 0 bridgehead atoms. The number of halogens is 1. The van der Waals surface area contributed by atoms with Gasteiger partial charge in [-0.3, -0.25) is 4.79 Å². The van der Waals surface area contributed by atoms with Crippen LogP contribution in [0.3, 0.4) is 0 Å². The van der Waals surface area contributed by atoms with Gasteiger partial charge in [0.15, 0.2) is 5.82 Å². The lowest BCUT2D eigenvalue weighted by Gasteiger charge is -2.17. The third kappa shape index (κ3) is 4.59. The molecule has 1 aliphatic carbocycles. The number of carbonyl (C=O) groups is 2. The first-order valence-electron chi connectivity index (χ1n) is 9.45. The van der Waals surface area contributed by atoms with E-state index >= 15 is 0 Å². The van der Waals surface area contributed by atoms with Crippen LogP contribution in [0.5, 0.6) is 0 Å². The summed E-state index contributed by atoms with van der Waals surface area (Å²) >= 11 is 0. The predicted octanol–water partition coefficient (Wildman–Crippen LogP) is 2.92. The average Bonchev–Trinajstić information content (AvgIpc) is 3.45. The summed E-state index contributed by atoms with van der Waals surface area (Å²) in [5.41, 5.74) is 1.76. The molecule has 1 saturated carbocycles. The SMILES string of the molecule is CN(CC(=O)Nc1cccc(F)c1)C(=O)Nc1ccc(-c2nnnn2C2CC2)cc1. The first-order chi connectivity index (χ1) is 14.5. The molecule has 3 amide bonds. The van der Waals surface area contributed by atoms with E-state index in [0.717, 1.165) is 18.4 Å². The fourth-order valence-electron chi connectivity index (χ4n) is 2.92. The van der Waals surface area contributed by atoms with Crippen LogP contribution in [0.4, 0.5) is 20.6 Å². The number of urea groups is 1. The fraction of sp³-hybridized carbons (Fsp3) is 0.250. The summed E-state index contributed by atoms with van der Waals surface area (Å²) in [6.07, 6.45) is 2.15. The zero-order valence-electron chi connectivity index (χ0n) is 16.2. The normalized spacial score (nSPS) is 13.0. The smallest absolute Gasteiger partial charge is 0.322 e. The Morgan fingerprint density at radius 1 is 1.13 bits per heavy atom. The molecule has 30 heavy (non-hydrogen) atoms. The first-order valence-corrected chi connectivity index (χ1v) is 9.45. The van der Waals surface area contributed by atoms with Gasteiger partial charge in [-0.25, -0.2) is 13.9 Å². The Morgan fingerprint density at radius 3 is 2.60 bits per heavy atom. The highest BCUT2D eigenvalue weighted by molar-refractivity contribution is 5.96. The van der Waals surface area contributed by atoms with Gasteiger partial charge in [0.25, 0.3) is 0 Å². The molecule has 1 aliphatic rings. The molecule has 0 spiro atoms. The average molecular weight is 409 g/mol. The zero-order valence-corrected chi connectivity index (χ0v) is 16.2. The van der Waals surface area contributed by atoms with Crippen molar-refractivity contribution in [3.05, 3.63) is 54.3 Å². The number of benzene rings is 2. The van der Waals surface area contributed by atoms with E-state index < -0.39 is 17.8 Å². The Hall–Kier alpha value is -3.82. The molecule has 1 heterocycles. The van der Waals surface area contributed by atoms with Crippen molar-refractivity contribution in [2.45, 2.75) is 18.9 Å². The van der Waals surface area contributed by atoms with Crippen LogP contribution >= 0.6 is 0 Å². The van der Waals surface area contributed by atoms with Gasteiger partial charge in [0.1, 0.15) is 12.4 Å². The van der Waals surface area contributed by atoms with Gasteiger partial charge in [0, 0.05) is 24.0 Å². The minimum absolute atomic E-state index is 0.184. The molecule has 2 N–H and O–H groups in total. The second-order valence-electron chi connectivity index (χ2n) is 7.10. The standard InChI is InChI=1S/C20H20FN7O2/c1-27(12-18(29)22-16-4-2-3-14(21)11-16)20(30)23-15-7-5-13(6-8-15)19-24-25-26-28(19)17-9-10-17/h2-8,11,17H,9-10,12H2,1H3,(H,22,29)(H,23,30). The molecular weight excluding hydrogens is 389 g/mol. The summed E-state index contributed by atoms with van der Waals surface area (Å²) in [5.74, 6) is -0.185. The molecule has 0 atom stereocenters. The van der Waals surface area contributed by atoms with Crippen LogP contribution < -0.4 is 10.6 Å². The van der Waals surface area contributed by atoms with Crippen molar-refractivity contribution in [3.8, 4) is 11.4 Å². The Morgan fingerprint density at radius 2 is 1.90 bits per heavy atom. The highest BCUT2D eigenvalue weighted by Gasteiger charge is 2.28. The molecule has 4 rings (SSSR count). The van der Waals surface area contributed by atoms with Crippen molar-refractivity contribution in [2.75, 3.05) is 24.2 Å². The van der Waals surface area contributed by atoms with E-state index in [1.54, 1.807) is 18.2 Å². The highest BCUT2D eigenvalue weighted by atomic mass is 19.1. The number of likely N-dealkylation sites (N-methyl/N-ethyl adjacent to an activating group) is 1. The molecule has 10 heteroatoms. The summed E-state index contributed by atoms with van der Waals surface area (Å²) in [5, 5.41) is 17.1. The number of nitrogens with zero attached hydrogens (tertiary/aromatic N) is 5. The Bertz CT molecular complexity index is 1060. The summed E-state index contributed by atoms with van der Waals surface area (Å²) in [6.45, 7) is -0.184. The van der Waals surface area contributed by atoms with Gasteiger partial charge < -0.3 is 15.5 Å². The second kappa shape index (κ2) is 8.27. The number of nitrogens with one attached hydrogen (secondary N) is 2. The molecule has 0 saturated heterocycles. The van der Waals surface area contributed by atoms with E-state index in [-0.39, 0.29) is 6.54 Å². The molecule has 0 radical (unpaired) electrons. The van der Waals surface area contributed by atoms with E-state index in [4.69, 9.17) is 0 Å². The lowest BCUT2D eigenvalue weighted by Crippen LogP contribution is -2.37. The largest absolute Gasteiger partial charge is 0.324 e. The summed E-state index contributed by atoms with van der Waals surface area (Å²) in [7, 11) is 1.50. The third-order valence-electron chi connectivity index (χ3n) is 4.62. The van der Waals surface area contributed by atoms with E-state index in [0.29, 0.717) is 23.2 Å². The molecule has 0 unspecified atom stereocenters. The summed E-state index contributed by atoms with van der Waals surface area (Å²) < 4.78 is 15.0. The molecular formula is C20H20FN7O2. The molecule has 1 aromatic heterocycles. The van der Waals surface area contributed by atoms with Gasteiger partial charge in [-0.2, -0.15) is 0 Å². The van der Waals surface area contributed by atoms with Crippen molar-refractivity contribution in [1.82, 2.24) is 25.1 Å². The van der Waals surface area contributed by atoms with E-state index in [2.05, 4.69) is 26.2 Å². The Labute approximate surface area is 171 Å². The van der Waals surface area contributed by atoms with Crippen molar-refractivity contribution in [3.63, 3.8) is 0 Å². The monoisotopic (exact) mass is 409 g/mol. The first kappa shape index (κ1) is 19.5. The summed E-state index contributed by atoms with van der Waals surface area (Å²) in [6, 6.07) is 12.6. The molecule has 1 fully saturated rings. The summed E-state index contributed by atoms with van der Waals surface area (Å²) in [4.78, 5) is 25.7. The van der Waals surface area contributed by atoms with Crippen molar-refractivity contribution in [1.29, 1.82) is 0 Å². The van der Waals surface area contributed by atoms with Gasteiger partial charge >= 0.3 is 6.03 Å². The number of hydrogen-bond acceptors (Lipinski definition) is 5. The number of aromatic nitrogens is 4. The van der Waals surface area contributed by atoms with Crippen molar-refractivity contribution < 1.29 is 14.0 Å². The van der Waals surface area contributed by atoms with Crippen molar-refractivity contribution in [2.24, 2.45) is 0 Å². The van der Waals surface area contributed by atoms with Gasteiger partial charge in [0.05, 0.1) is 6.04 Å². The van der Waals surface area contributed by atoms with Crippen LogP contribution in [0.1, 0.15) is 18.9 Å². The van der Waals surface area contributed by atoms with Crippen molar-refractivity contribution >= 4 is 23.3 Å². The van der Waals surface area contributed by atoms with Gasteiger partial charge in [-0.15, -0.1) is 5.10 Å². The maximum atomic E-state index is 13.2. The lowest BCUT2D eigenvalue weighted by molar-refractivity contribution is -0.116. The highest BCUT2D eigenvalue weighted by Crippen LogP contribution is 2.36.